The summed E-state index contributed by atoms with van der Waals surface area (Å²) in [7, 11) is -3.63. The molecular formula is C17H19FN2O2S. The summed E-state index contributed by atoms with van der Waals surface area (Å²) in [4.78, 5) is 4.27. The average Bonchev–Trinajstić information content (AvgIpc) is 3.35. The number of halogens is 1. The second kappa shape index (κ2) is 6.37. The molecule has 23 heavy (non-hydrogen) atoms. The molecule has 0 radical (unpaired) electrons. The number of rotatable bonds is 6. The van der Waals surface area contributed by atoms with Gasteiger partial charge in [-0.15, -0.1) is 0 Å². The zero-order valence-corrected chi connectivity index (χ0v) is 13.7. The van der Waals surface area contributed by atoms with Gasteiger partial charge < -0.3 is 0 Å². The molecule has 4 nitrogen and oxygen atoms in total. The van der Waals surface area contributed by atoms with Gasteiger partial charge in [0.15, 0.2) is 0 Å². The molecular weight excluding hydrogens is 315 g/mol. The van der Waals surface area contributed by atoms with Gasteiger partial charge in [-0.3, -0.25) is 4.98 Å². The zero-order chi connectivity index (χ0) is 16.4. The SMILES string of the molecule is CC(c1ccccn1)N(C1CC1)S(=O)(=O)Cc1ccccc1F. The van der Waals surface area contributed by atoms with Crippen LogP contribution in [0.25, 0.3) is 0 Å². The van der Waals surface area contributed by atoms with E-state index in [9.17, 15) is 12.8 Å². The van der Waals surface area contributed by atoms with Gasteiger partial charge in [-0.05, 0) is 38.0 Å². The van der Waals surface area contributed by atoms with Gasteiger partial charge in [0.05, 0.1) is 17.5 Å². The van der Waals surface area contributed by atoms with Gasteiger partial charge in [0.2, 0.25) is 10.0 Å². The van der Waals surface area contributed by atoms with Crippen LogP contribution in [-0.2, 0) is 15.8 Å². The maximum atomic E-state index is 13.8. The number of nitrogens with zero attached hydrogens (tertiary/aromatic N) is 2. The molecule has 6 heteroatoms. The topological polar surface area (TPSA) is 50.3 Å². The fourth-order valence-corrected chi connectivity index (χ4v) is 4.78. The lowest BCUT2D eigenvalue weighted by Gasteiger charge is -2.28. The van der Waals surface area contributed by atoms with Gasteiger partial charge in [0.25, 0.3) is 0 Å². The highest BCUT2D eigenvalue weighted by atomic mass is 32.2. The Hall–Kier alpha value is -1.79. The number of hydrogen-bond donors (Lipinski definition) is 0. The first kappa shape index (κ1) is 16.1. The molecule has 1 saturated carbocycles. The summed E-state index contributed by atoms with van der Waals surface area (Å²) in [5.41, 5.74) is 0.905. The predicted octanol–water partition coefficient (Wildman–Crippen LogP) is 3.28. The van der Waals surface area contributed by atoms with Crippen LogP contribution in [0, 0.1) is 5.82 Å². The van der Waals surface area contributed by atoms with Crippen molar-refractivity contribution in [1.29, 1.82) is 0 Å². The summed E-state index contributed by atoms with van der Waals surface area (Å²) in [5, 5.41) is 0. The van der Waals surface area contributed by atoms with E-state index in [0.29, 0.717) is 5.69 Å². The second-order valence-corrected chi connectivity index (χ2v) is 7.71. The lowest BCUT2D eigenvalue weighted by molar-refractivity contribution is 0.328. The van der Waals surface area contributed by atoms with Gasteiger partial charge in [0, 0.05) is 17.8 Å². The van der Waals surface area contributed by atoms with E-state index in [-0.39, 0.29) is 23.4 Å². The Labute approximate surface area is 136 Å². The molecule has 1 fully saturated rings. The molecule has 1 aromatic carbocycles. The van der Waals surface area contributed by atoms with E-state index in [1.54, 1.807) is 24.4 Å². The maximum absolute atomic E-state index is 13.8. The minimum atomic E-state index is -3.63. The normalized spacial score (nSPS) is 16.5. The molecule has 1 unspecified atom stereocenters. The van der Waals surface area contributed by atoms with Crippen molar-refractivity contribution in [2.45, 2.75) is 37.6 Å². The fraction of sp³-hybridized carbons (Fsp3) is 0.353. The van der Waals surface area contributed by atoms with Crippen LogP contribution in [0.4, 0.5) is 4.39 Å². The van der Waals surface area contributed by atoms with E-state index in [1.807, 2.05) is 19.1 Å². The van der Waals surface area contributed by atoms with Crippen molar-refractivity contribution in [3.63, 3.8) is 0 Å². The molecule has 0 bridgehead atoms. The molecule has 1 atom stereocenters. The Morgan fingerprint density at radius 2 is 1.91 bits per heavy atom. The fourth-order valence-electron chi connectivity index (χ4n) is 2.75. The van der Waals surface area contributed by atoms with Crippen molar-refractivity contribution < 1.29 is 12.8 Å². The smallest absolute Gasteiger partial charge is 0.219 e. The van der Waals surface area contributed by atoms with Crippen molar-refractivity contribution in [3.8, 4) is 0 Å². The monoisotopic (exact) mass is 334 g/mol. The third-order valence-electron chi connectivity index (χ3n) is 4.02. The van der Waals surface area contributed by atoms with Crippen molar-refractivity contribution in [2.75, 3.05) is 0 Å². The van der Waals surface area contributed by atoms with Crippen molar-refractivity contribution in [3.05, 3.63) is 65.7 Å². The van der Waals surface area contributed by atoms with Gasteiger partial charge in [0.1, 0.15) is 5.82 Å². The van der Waals surface area contributed by atoms with Crippen molar-refractivity contribution in [1.82, 2.24) is 9.29 Å². The minimum absolute atomic E-state index is 0.0104. The first-order valence-corrected chi connectivity index (χ1v) is 9.25. The lowest BCUT2D eigenvalue weighted by atomic mass is 10.2. The largest absolute Gasteiger partial charge is 0.260 e. The number of hydrogen-bond acceptors (Lipinski definition) is 3. The van der Waals surface area contributed by atoms with E-state index in [4.69, 9.17) is 0 Å². The minimum Gasteiger partial charge on any atom is -0.260 e. The summed E-state index contributed by atoms with van der Waals surface area (Å²) in [5.74, 6) is -0.815. The summed E-state index contributed by atoms with van der Waals surface area (Å²) in [6.07, 6.45) is 3.34. The lowest BCUT2D eigenvalue weighted by Crippen LogP contribution is -2.36. The summed E-state index contributed by atoms with van der Waals surface area (Å²) in [6, 6.07) is 11.1. The van der Waals surface area contributed by atoms with Crippen LogP contribution in [0.3, 0.4) is 0 Å². The summed E-state index contributed by atoms with van der Waals surface area (Å²) < 4.78 is 41.1. The first-order valence-electron chi connectivity index (χ1n) is 7.64. The van der Waals surface area contributed by atoms with Gasteiger partial charge >= 0.3 is 0 Å². The van der Waals surface area contributed by atoms with E-state index < -0.39 is 15.8 Å². The Morgan fingerprint density at radius 1 is 1.22 bits per heavy atom. The molecule has 3 rings (SSSR count). The number of pyridine rings is 1. The van der Waals surface area contributed by atoms with Crippen LogP contribution in [0.2, 0.25) is 0 Å². The van der Waals surface area contributed by atoms with E-state index in [0.717, 1.165) is 12.8 Å². The third-order valence-corrected chi connectivity index (χ3v) is 5.95. The Bertz CT molecular complexity index is 776. The Kier molecular flexibility index (Phi) is 4.46. The second-order valence-electron chi connectivity index (χ2n) is 5.84. The zero-order valence-electron chi connectivity index (χ0n) is 12.9. The molecule has 0 saturated heterocycles. The standard InChI is InChI=1S/C17H19FN2O2S/c1-13(17-8-4-5-11-19-17)20(15-9-10-15)23(21,22)12-14-6-2-3-7-16(14)18/h2-8,11,13,15H,9-10,12H2,1H3. The highest BCUT2D eigenvalue weighted by molar-refractivity contribution is 7.88. The molecule has 0 amide bonds. The van der Waals surface area contributed by atoms with E-state index in [1.165, 1.54) is 16.4 Å². The molecule has 2 aromatic rings. The number of benzene rings is 1. The molecule has 1 heterocycles. The molecule has 1 aliphatic rings. The highest BCUT2D eigenvalue weighted by Gasteiger charge is 2.41. The molecule has 1 aromatic heterocycles. The van der Waals surface area contributed by atoms with Crippen LogP contribution in [0.5, 0.6) is 0 Å². The Balaban J connectivity index is 1.90. The van der Waals surface area contributed by atoms with Crippen molar-refractivity contribution >= 4 is 10.0 Å². The van der Waals surface area contributed by atoms with Gasteiger partial charge in [-0.2, -0.15) is 4.31 Å². The quantitative estimate of drug-likeness (QED) is 0.814. The maximum Gasteiger partial charge on any atom is 0.219 e. The van der Waals surface area contributed by atoms with Gasteiger partial charge in [-0.25, -0.2) is 12.8 Å². The highest BCUT2D eigenvalue weighted by Crippen LogP contribution is 2.37. The Morgan fingerprint density at radius 3 is 2.52 bits per heavy atom. The van der Waals surface area contributed by atoms with Crippen LogP contribution < -0.4 is 0 Å². The summed E-state index contributed by atoms with van der Waals surface area (Å²) >= 11 is 0. The van der Waals surface area contributed by atoms with Gasteiger partial charge in [-0.1, -0.05) is 24.3 Å². The summed E-state index contributed by atoms with van der Waals surface area (Å²) in [6.45, 7) is 1.83. The number of aromatic nitrogens is 1. The predicted molar refractivity (Wildman–Crippen MR) is 86.5 cm³/mol. The molecule has 1 aliphatic carbocycles. The first-order chi connectivity index (χ1) is 11.0. The molecule has 0 N–H and O–H groups in total. The molecule has 0 aliphatic heterocycles. The van der Waals surface area contributed by atoms with E-state index in [2.05, 4.69) is 4.98 Å². The van der Waals surface area contributed by atoms with E-state index >= 15 is 0 Å². The van der Waals surface area contributed by atoms with Crippen LogP contribution in [-0.4, -0.2) is 23.7 Å². The van der Waals surface area contributed by atoms with Crippen LogP contribution >= 0.6 is 0 Å². The third kappa shape index (κ3) is 3.59. The van der Waals surface area contributed by atoms with Crippen LogP contribution in [0.15, 0.2) is 48.7 Å². The van der Waals surface area contributed by atoms with Crippen molar-refractivity contribution in [2.24, 2.45) is 0 Å². The average molecular weight is 334 g/mol. The van der Waals surface area contributed by atoms with Crippen LogP contribution in [0.1, 0.15) is 37.1 Å². The molecule has 122 valence electrons. The molecule has 0 spiro atoms. The number of sulfonamides is 1.